The average molecular weight is 251 g/mol. The van der Waals surface area contributed by atoms with E-state index in [0.717, 1.165) is 12.1 Å². The summed E-state index contributed by atoms with van der Waals surface area (Å²) in [7, 11) is 0. The first-order valence-corrected chi connectivity index (χ1v) is 5.26. The number of benzene rings is 1. The molecule has 1 heterocycles. The molecule has 1 amide bonds. The number of aryl methyl sites for hydroxylation is 2. The van der Waals surface area contributed by atoms with Gasteiger partial charge in [-0.3, -0.25) is 9.89 Å². The Balaban J connectivity index is 2.28. The summed E-state index contributed by atoms with van der Waals surface area (Å²) in [5.74, 6) is -1.79. The van der Waals surface area contributed by atoms with Crippen LogP contribution in [0.4, 0.5) is 14.5 Å². The predicted molar refractivity (Wildman–Crippen MR) is 62.4 cm³/mol. The van der Waals surface area contributed by atoms with Crippen LogP contribution in [0.1, 0.15) is 21.6 Å². The zero-order valence-electron chi connectivity index (χ0n) is 9.84. The lowest BCUT2D eigenvalue weighted by atomic mass is 10.2. The number of nitrogens with zero attached hydrogens (tertiary/aromatic N) is 1. The van der Waals surface area contributed by atoms with E-state index < -0.39 is 17.5 Å². The van der Waals surface area contributed by atoms with Crippen molar-refractivity contribution in [2.24, 2.45) is 0 Å². The minimum absolute atomic E-state index is 0.185. The van der Waals surface area contributed by atoms with Crippen LogP contribution in [-0.2, 0) is 0 Å². The number of hydrogen-bond donors (Lipinski definition) is 2. The second-order valence-corrected chi connectivity index (χ2v) is 3.94. The van der Waals surface area contributed by atoms with Gasteiger partial charge in [0.2, 0.25) is 0 Å². The normalized spacial score (nSPS) is 10.4. The number of nitrogens with one attached hydrogen (secondary N) is 2. The van der Waals surface area contributed by atoms with E-state index in [1.165, 1.54) is 13.1 Å². The highest BCUT2D eigenvalue weighted by Crippen LogP contribution is 2.19. The maximum atomic E-state index is 13.5. The molecule has 0 fully saturated rings. The molecule has 6 heteroatoms. The molecule has 2 N–H and O–H groups in total. The molecule has 0 aliphatic rings. The van der Waals surface area contributed by atoms with Crippen molar-refractivity contribution in [1.29, 1.82) is 0 Å². The molecule has 0 atom stereocenters. The van der Waals surface area contributed by atoms with Crippen molar-refractivity contribution in [1.82, 2.24) is 10.2 Å². The van der Waals surface area contributed by atoms with E-state index in [2.05, 4.69) is 15.5 Å². The number of aromatic nitrogens is 2. The van der Waals surface area contributed by atoms with Gasteiger partial charge in [-0.2, -0.15) is 5.10 Å². The molecule has 2 rings (SSSR count). The van der Waals surface area contributed by atoms with Gasteiger partial charge in [-0.05, 0) is 25.5 Å². The minimum Gasteiger partial charge on any atom is -0.319 e. The molecular weight excluding hydrogens is 240 g/mol. The predicted octanol–water partition coefficient (Wildman–Crippen LogP) is 2.56. The third kappa shape index (κ3) is 2.22. The van der Waals surface area contributed by atoms with E-state index in [-0.39, 0.29) is 16.8 Å². The van der Waals surface area contributed by atoms with Crippen molar-refractivity contribution in [3.63, 3.8) is 0 Å². The summed E-state index contributed by atoms with van der Waals surface area (Å²) < 4.78 is 26.8. The highest BCUT2D eigenvalue weighted by molar-refractivity contribution is 6.04. The first kappa shape index (κ1) is 12.2. The van der Waals surface area contributed by atoms with Gasteiger partial charge in [0.05, 0.1) is 17.4 Å². The van der Waals surface area contributed by atoms with Gasteiger partial charge in [-0.15, -0.1) is 0 Å². The number of rotatable bonds is 2. The number of amides is 1. The lowest BCUT2D eigenvalue weighted by molar-refractivity contribution is 0.102. The van der Waals surface area contributed by atoms with Gasteiger partial charge in [0.25, 0.3) is 5.91 Å². The summed E-state index contributed by atoms with van der Waals surface area (Å²) in [6.45, 7) is 3.11. The Kier molecular flexibility index (Phi) is 3.10. The van der Waals surface area contributed by atoms with Crippen LogP contribution in [0.15, 0.2) is 18.3 Å². The first-order valence-electron chi connectivity index (χ1n) is 5.26. The van der Waals surface area contributed by atoms with Gasteiger partial charge in [0.1, 0.15) is 11.6 Å². The van der Waals surface area contributed by atoms with Gasteiger partial charge < -0.3 is 5.32 Å². The smallest absolute Gasteiger partial charge is 0.259 e. The van der Waals surface area contributed by atoms with Gasteiger partial charge in [0.15, 0.2) is 0 Å². The van der Waals surface area contributed by atoms with Crippen LogP contribution in [-0.4, -0.2) is 16.1 Å². The SMILES string of the molecule is Cc1cc(F)c(NC(=O)c2cn[nH]c2C)cc1F. The molecule has 0 bridgehead atoms. The van der Waals surface area contributed by atoms with E-state index in [9.17, 15) is 13.6 Å². The van der Waals surface area contributed by atoms with Crippen molar-refractivity contribution in [3.05, 3.63) is 46.8 Å². The maximum absolute atomic E-state index is 13.5. The van der Waals surface area contributed by atoms with Crippen LogP contribution in [0.5, 0.6) is 0 Å². The van der Waals surface area contributed by atoms with Crippen molar-refractivity contribution in [3.8, 4) is 0 Å². The Morgan fingerprint density at radius 2 is 2.00 bits per heavy atom. The van der Waals surface area contributed by atoms with Gasteiger partial charge in [0, 0.05) is 11.8 Å². The van der Waals surface area contributed by atoms with E-state index in [1.807, 2.05) is 0 Å². The molecule has 0 radical (unpaired) electrons. The maximum Gasteiger partial charge on any atom is 0.259 e. The van der Waals surface area contributed by atoms with Gasteiger partial charge >= 0.3 is 0 Å². The molecule has 94 valence electrons. The quantitative estimate of drug-likeness (QED) is 0.861. The monoisotopic (exact) mass is 251 g/mol. The summed E-state index contributed by atoms with van der Waals surface area (Å²) in [5.41, 5.74) is 0.838. The molecule has 0 unspecified atom stereocenters. The van der Waals surface area contributed by atoms with Crippen LogP contribution < -0.4 is 5.32 Å². The van der Waals surface area contributed by atoms with Crippen molar-refractivity contribution >= 4 is 11.6 Å². The summed E-state index contributed by atoms with van der Waals surface area (Å²) in [6.07, 6.45) is 1.33. The summed E-state index contributed by atoms with van der Waals surface area (Å²) in [4.78, 5) is 11.8. The largest absolute Gasteiger partial charge is 0.319 e. The molecule has 1 aromatic carbocycles. The molecule has 2 aromatic rings. The highest BCUT2D eigenvalue weighted by atomic mass is 19.1. The molecule has 0 spiro atoms. The number of H-pyrrole nitrogens is 1. The van der Waals surface area contributed by atoms with Crippen LogP contribution in [0, 0.1) is 25.5 Å². The average Bonchev–Trinajstić information content (AvgIpc) is 2.72. The summed E-state index contributed by atoms with van der Waals surface area (Å²) >= 11 is 0. The van der Waals surface area contributed by atoms with Crippen LogP contribution >= 0.6 is 0 Å². The van der Waals surface area contributed by atoms with Crippen LogP contribution in [0.25, 0.3) is 0 Å². The first-order chi connectivity index (χ1) is 8.49. The van der Waals surface area contributed by atoms with Gasteiger partial charge in [-0.1, -0.05) is 0 Å². The number of hydrogen-bond acceptors (Lipinski definition) is 2. The molecule has 1 aromatic heterocycles. The highest BCUT2D eigenvalue weighted by Gasteiger charge is 2.14. The van der Waals surface area contributed by atoms with Crippen LogP contribution in [0.2, 0.25) is 0 Å². The van der Waals surface area contributed by atoms with Crippen molar-refractivity contribution in [2.45, 2.75) is 13.8 Å². The zero-order chi connectivity index (χ0) is 13.3. The molecule has 0 aliphatic heterocycles. The molecule has 0 saturated heterocycles. The molecular formula is C12H11F2N3O. The lowest BCUT2D eigenvalue weighted by Gasteiger charge is -2.07. The Hall–Kier alpha value is -2.24. The number of aromatic amines is 1. The number of halogens is 2. The third-order valence-electron chi connectivity index (χ3n) is 2.57. The second-order valence-electron chi connectivity index (χ2n) is 3.94. The van der Waals surface area contributed by atoms with Gasteiger partial charge in [-0.25, -0.2) is 8.78 Å². The minimum atomic E-state index is -0.677. The Morgan fingerprint density at radius 1 is 1.28 bits per heavy atom. The molecule has 0 saturated carbocycles. The summed E-state index contributed by atoms with van der Waals surface area (Å²) in [6, 6.07) is 1.99. The Morgan fingerprint density at radius 3 is 2.61 bits per heavy atom. The van der Waals surface area contributed by atoms with E-state index >= 15 is 0 Å². The fourth-order valence-electron chi connectivity index (χ4n) is 1.51. The third-order valence-corrected chi connectivity index (χ3v) is 2.57. The molecule has 4 nitrogen and oxygen atoms in total. The van der Waals surface area contributed by atoms with E-state index in [1.54, 1.807) is 6.92 Å². The topological polar surface area (TPSA) is 57.8 Å². The standard InChI is InChI=1S/C12H11F2N3O/c1-6-3-10(14)11(4-9(6)13)16-12(18)8-5-15-17-7(8)2/h3-5H,1-2H3,(H,15,17)(H,16,18). The molecule has 18 heavy (non-hydrogen) atoms. The number of carbonyl (C=O) groups excluding carboxylic acids is 1. The Bertz CT molecular complexity index is 607. The number of carbonyl (C=O) groups is 1. The number of anilines is 1. The summed E-state index contributed by atoms with van der Waals surface area (Å²) in [5, 5.41) is 8.58. The lowest BCUT2D eigenvalue weighted by Crippen LogP contribution is -2.14. The van der Waals surface area contributed by atoms with Crippen LogP contribution in [0.3, 0.4) is 0 Å². The second kappa shape index (κ2) is 4.56. The molecule has 0 aliphatic carbocycles. The Labute approximate surface area is 102 Å². The fraction of sp³-hybridized carbons (Fsp3) is 0.167. The van der Waals surface area contributed by atoms with E-state index in [4.69, 9.17) is 0 Å². The fourth-order valence-corrected chi connectivity index (χ4v) is 1.51. The van der Waals surface area contributed by atoms with Crippen molar-refractivity contribution in [2.75, 3.05) is 5.32 Å². The zero-order valence-corrected chi connectivity index (χ0v) is 9.84. The van der Waals surface area contributed by atoms with Crippen molar-refractivity contribution < 1.29 is 13.6 Å². The van der Waals surface area contributed by atoms with E-state index in [0.29, 0.717) is 5.69 Å².